The molecule has 0 heterocycles. The van der Waals surface area contributed by atoms with Crippen molar-refractivity contribution in [2.24, 2.45) is 11.7 Å². The van der Waals surface area contributed by atoms with Crippen LogP contribution in [0.2, 0.25) is 0 Å². The van der Waals surface area contributed by atoms with Gasteiger partial charge in [-0.2, -0.15) is 0 Å². The predicted molar refractivity (Wildman–Crippen MR) is 84.1 cm³/mol. The molecule has 1 aliphatic carbocycles. The topological polar surface area (TPSA) is 47.3 Å². The Kier molecular flexibility index (Phi) is 5.44. The molecule has 2 rings (SSSR count). The molecule has 1 aromatic carbocycles. The van der Waals surface area contributed by atoms with Crippen molar-refractivity contribution in [3.8, 4) is 5.75 Å². The van der Waals surface area contributed by atoms with Crippen molar-refractivity contribution in [2.75, 3.05) is 20.2 Å². The second-order valence-electron chi connectivity index (χ2n) is 6.30. The van der Waals surface area contributed by atoms with Gasteiger partial charge in [0.15, 0.2) is 0 Å². The molecule has 0 bridgehead atoms. The number of hydrogen-bond donors (Lipinski definition) is 2. The van der Waals surface area contributed by atoms with Gasteiger partial charge in [0.1, 0.15) is 5.75 Å². The Balaban J connectivity index is 1.80. The monoisotopic (exact) mass is 276 g/mol. The Bertz CT molecular complexity index is 400. The van der Waals surface area contributed by atoms with Gasteiger partial charge in [-0.25, -0.2) is 0 Å². The summed E-state index contributed by atoms with van der Waals surface area (Å²) >= 11 is 0. The van der Waals surface area contributed by atoms with Gasteiger partial charge in [0.05, 0.1) is 7.11 Å². The zero-order valence-corrected chi connectivity index (χ0v) is 12.8. The molecule has 0 spiro atoms. The minimum Gasteiger partial charge on any atom is -0.497 e. The molecular formula is C17H28N2O. The highest BCUT2D eigenvalue weighted by Crippen LogP contribution is 2.33. The summed E-state index contributed by atoms with van der Waals surface area (Å²) in [5.41, 5.74) is 7.26. The van der Waals surface area contributed by atoms with Gasteiger partial charge in [0.25, 0.3) is 0 Å². The van der Waals surface area contributed by atoms with E-state index in [1.54, 1.807) is 7.11 Å². The van der Waals surface area contributed by atoms with Crippen LogP contribution in [0.5, 0.6) is 5.75 Å². The van der Waals surface area contributed by atoms with Crippen LogP contribution < -0.4 is 15.8 Å². The number of ether oxygens (including phenoxy) is 1. The van der Waals surface area contributed by atoms with Gasteiger partial charge < -0.3 is 15.8 Å². The molecular weight excluding hydrogens is 248 g/mol. The van der Waals surface area contributed by atoms with Crippen molar-refractivity contribution < 1.29 is 4.74 Å². The third-order valence-electron chi connectivity index (χ3n) is 4.24. The van der Waals surface area contributed by atoms with Crippen LogP contribution in [-0.4, -0.2) is 25.7 Å². The number of nitrogens with one attached hydrogen (secondary N) is 1. The zero-order valence-electron chi connectivity index (χ0n) is 12.8. The lowest BCUT2D eigenvalue weighted by Gasteiger charge is -2.30. The Hall–Kier alpha value is -1.06. The number of methoxy groups -OCH3 is 1. The maximum Gasteiger partial charge on any atom is 0.118 e. The fourth-order valence-corrected chi connectivity index (χ4v) is 2.59. The second-order valence-corrected chi connectivity index (χ2v) is 6.30. The van der Waals surface area contributed by atoms with Crippen LogP contribution >= 0.6 is 0 Å². The smallest absolute Gasteiger partial charge is 0.118 e. The molecule has 0 amide bonds. The largest absolute Gasteiger partial charge is 0.497 e. The minimum atomic E-state index is -0.0157. The molecule has 1 fully saturated rings. The lowest BCUT2D eigenvalue weighted by molar-refractivity contribution is 0.355. The Labute approximate surface area is 122 Å². The molecule has 1 aliphatic rings. The van der Waals surface area contributed by atoms with Crippen LogP contribution in [0.4, 0.5) is 0 Å². The molecule has 3 N–H and O–H groups in total. The third-order valence-corrected chi connectivity index (χ3v) is 4.24. The van der Waals surface area contributed by atoms with Gasteiger partial charge in [-0.1, -0.05) is 25.0 Å². The first-order valence-corrected chi connectivity index (χ1v) is 7.73. The molecule has 20 heavy (non-hydrogen) atoms. The SMILES string of the molecule is COc1ccc(CC(C)(CN)NCCCC2CC2)cc1. The molecule has 1 atom stereocenters. The van der Waals surface area contributed by atoms with Gasteiger partial charge in [0, 0.05) is 12.1 Å². The van der Waals surface area contributed by atoms with E-state index in [9.17, 15) is 0 Å². The van der Waals surface area contributed by atoms with Gasteiger partial charge in [0.2, 0.25) is 0 Å². The van der Waals surface area contributed by atoms with E-state index in [4.69, 9.17) is 10.5 Å². The van der Waals surface area contributed by atoms with E-state index in [2.05, 4.69) is 24.4 Å². The summed E-state index contributed by atoms with van der Waals surface area (Å²) in [4.78, 5) is 0. The average molecular weight is 276 g/mol. The van der Waals surface area contributed by atoms with Crippen molar-refractivity contribution >= 4 is 0 Å². The van der Waals surface area contributed by atoms with Crippen LogP contribution in [0.1, 0.15) is 38.2 Å². The fraction of sp³-hybridized carbons (Fsp3) is 0.647. The van der Waals surface area contributed by atoms with Crippen LogP contribution in [0.15, 0.2) is 24.3 Å². The quantitative estimate of drug-likeness (QED) is 0.682. The fourth-order valence-electron chi connectivity index (χ4n) is 2.59. The van der Waals surface area contributed by atoms with E-state index in [-0.39, 0.29) is 5.54 Å². The second kappa shape index (κ2) is 7.09. The first-order valence-electron chi connectivity index (χ1n) is 7.73. The van der Waals surface area contributed by atoms with Gasteiger partial charge in [-0.05, 0) is 56.3 Å². The molecule has 1 unspecified atom stereocenters. The number of rotatable bonds is 9. The van der Waals surface area contributed by atoms with E-state index < -0.39 is 0 Å². The predicted octanol–water partition coefficient (Wildman–Crippen LogP) is 2.73. The lowest BCUT2D eigenvalue weighted by Crippen LogP contribution is -2.50. The summed E-state index contributed by atoms with van der Waals surface area (Å²) in [6, 6.07) is 8.27. The normalized spacial score (nSPS) is 17.8. The number of benzene rings is 1. The molecule has 0 aromatic heterocycles. The van der Waals surface area contributed by atoms with Crippen molar-refractivity contribution in [1.82, 2.24) is 5.32 Å². The summed E-state index contributed by atoms with van der Waals surface area (Å²) in [6.45, 7) is 3.94. The van der Waals surface area contributed by atoms with Gasteiger partial charge in [-0.15, -0.1) is 0 Å². The summed E-state index contributed by atoms with van der Waals surface area (Å²) in [6.07, 6.45) is 6.48. The van der Waals surface area contributed by atoms with E-state index in [0.29, 0.717) is 6.54 Å². The maximum atomic E-state index is 5.98. The van der Waals surface area contributed by atoms with Crippen molar-refractivity contribution in [3.05, 3.63) is 29.8 Å². The minimum absolute atomic E-state index is 0.0157. The van der Waals surface area contributed by atoms with Crippen molar-refractivity contribution in [1.29, 1.82) is 0 Å². The van der Waals surface area contributed by atoms with Crippen molar-refractivity contribution in [2.45, 2.75) is 44.6 Å². The Morgan fingerprint density at radius 2 is 2.00 bits per heavy atom. The van der Waals surface area contributed by atoms with E-state index >= 15 is 0 Å². The van der Waals surface area contributed by atoms with E-state index in [1.807, 2.05) is 12.1 Å². The summed E-state index contributed by atoms with van der Waals surface area (Å²) in [7, 11) is 1.69. The van der Waals surface area contributed by atoms with E-state index in [1.165, 1.54) is 31.2 Å². The molecule has 3 heteroatoms. The molecule has 1 aromatic rings. The molecule has 3 nitrogen and oxygen atoms in total. The van der Waals surface area contributed by atoms with Crippen LogP contribution in [0.25, 0.3) is 0 Å². The van der Waals surface area contributed by atoms with Gasteiger partial charge in [-0.3, -0.25) is 0 Å². The third kappa shape index (κ3) is 4.80. The highest BCUT2D eigenvalue weighted by Gasteiger charge is 2.23. The summed E-state index contributed by atoms with van der Waals surface area (Å²) in [5, 5.41) is 3.65. The summed E-state index contributed by atoms with van der Waals surface area (Å²) < 4.78 is 5.19. The summed E-state index contributed by atoms with van der Waals surface area (Å²) in [5.74, 6) is 1.92. The Morgan fingerprint density at radius 3 is 2.55 bits per heavy atom. The molecule has 1 saturated carbocycles. The van der Waals surface area contributed by atoms with Gasteiger partial charge >= 0.3 is 0 Å². The van der Waals surface area contributed by atoms with Crippen molar-refractivity contribution in [3.63, 3.8) is 0 Å². The highest BCUT2D eigenvalue weighted by atomic mass is 16.5. The van der Waals surface area contributed by atoms with E-state index in [0.717, 1.165) is 24.6 Å². The Morgan fingerprint density at radius 1 is 1.30 bits per heavy atom. The van der Waals surface area contributed by atoms with Crippen LogP contribution in [0, 0.1) is 5.92 Å². The molecule has 0 saturated heterocycles. The zero-order chi connectivity index (χ0) is 14.4. The molecule has 0 radical (unpaired) electrons. The molecule has 112 valence electrons. The first kappa shape index (κ1) is 15.3. The standard InChI is InChI=1S/C17H28N2O/c1-17(13-18,19-11-3-4-14-5-6-14)12-15-7-9-16(20-2)10-8-15/h7-10,14,19H,3-6,11-13,18H2,1-2H3. The molecule has 0 aliphatic heterocycles. The van der Waals surface area contributed by atoms with Crippen LogP contribution in [-0.2, 0) is 6.42 Å². The number of nitrogens with two attached hydrogens (primary N) is 1. The first-order chi connectivity index (χ1) is 9.65. The highest BCUT2D eigenvalue weighted by molar-refractivity contribution is 5.28. The average Bonchev–Trinajstić information content (AvgIpc) is 3.29. The van der Waals surface area contributed by atoms with Crippen LogP contribution in [0.3, 0.4) is 0 Å². The number of hydrogen-bond acceptors (Lipinski definition) is 3. The lowest BCUT2D eigenvalue weighted by atomic mass is 9.92. The maximum absolute atomic E-state index is 5.98.